The van der Waals surface area contributed by atoms with E-state index in [4.69, 9.17) is 28.4 Å². The molecule has 0 saturated carbocycles. The monoisotopic (exact) mass is 930 g/mol. The number of unbranched alkanes of at least 4 members (excludes halogenated alkanes) is 14. The summed E-state index contributed by atoms with van der Waals surface area (Å²) in [4.78, 5) is 14.7. The lowest BCUT2D eigenvalue weighted by Gasteiger charge is -2.45. The molecule has 15 unspecified atom stereocenters. The SMILES string of the molecule is CCCCCCCCCCC(CCCCCCCCCC)C(=O)NC(COC1OC(CO)C(O)C(O)C1O)(COC1OC(CO)C(O)C(O)C1O)COC1OC(CO)C(O)C(O)C1O. The Kier molecular flexibility index (Phi) is 27.0. The molecule has 0 aromatic rings. The van der Waals surface area contributed by atoms with Gasteiger partial charge in [0.15, 0.2) is 18.9 Å². The molecule has 15 atom stereocenters. The van der Waals surface area contributed by atoms with Crippen molar-refractivity contribution in [2.75, 3.05) is 39.6 Å². The maximum Gasteiger partial charge on any atom is 0.223 e. The predicted molar refractivity (Wildman–Crippen MR) is 228 cm³/mol. The van der Waals surface area contributed by atoms with E-state index in [1.54, 1.807) is 0 Å². The van der Waals surface area contributed by atoms with Crippen molar-refractivity contribution in [2.45, 2.75) is 227 Å². The molecule has 0 radical (unpaired) electrons. The molecule has 0 spiro atoms. The fraction of sp³-hybridized carbons (Fsp3) is 0.977. The Balaban J connectivity index is 1.98. The van der Waals surface area contributed by atoms with Gasteiger partial charge in [-0.3, -0.25) is 4.79 Å². The molecular formula is C44H83NO19. The molecule has 0 aliphatic carbocycles. The van der Waals surface area contributed by atoms with Gasteiger partial charge < -0.3 is 95.0 Å². The van der Waals surface area contributed by atoms with Crippen LogP contribution in [-0.2, 0) is 33.2 Å². The molecular weight excluding hydrogens is 846 g/mol. The van der Waals surface area contributed by atoms with Gasteiger partial charge in [-0.25, -0.2) is 0 Å². The first kappa shape index (κ1) is 57.1. The molecule has 3 heterocycles. The fourth-order valence-corrected chi connectivity index (χ4v) is 8.39. The Morgan fingerprint density at radius 1 is 0.453 bits per heavy atom. The second kappa shape index (κ2) is 30.3. The van der Waals surface area contributed by atoms with E-state index >= 15 is 0 Å². The first-order valence-electron chi connectivity index (χ1n) is 23.8. The normalized spacial score (nSPS) is 34.5. The summed E-state index contributed by atoms with van der Waals surface area (Å²) < 4.78 is 34.8. The van der Waals surface area contributed by atoms with Crippen LogP contribution < -0.4 is 5.32 Å². The van der Waals surface area contributed by atoms with Gasteiger partial charge in [0, 0.05) is 5.92 Å². The predicted octanol–water partition coefficient (Wildman–Crippen LogP) is -1.03. The van der Waals surface area contributed by atoms with E-state index in [2.05, 4.69) is 19.2 Å². The van der Waals surface area contributed by atoms with Crippen molar-refractivity contribution >= 4 is 5.91 Å². The molecule has 3 aliphatic rings. The van der Waals surface area contributed by atoms with Crippen molar-refractivity contribution in [3.05, 3.63) is 0 Å². The van der Waals surface area contributed by atoms with Gasteiger partial charge in [-0.05, 0) is 12.8 Å². The number of amides is 1. The van der Waals surface area contributed by atoms with Crippen molar-refractivity contribution in [3.8, 4) is 0 Å². The van der Waals surface area contributed by atoms with Crippen molar-refractivity contribution in [1.29, 1.82) is 0 Å². The quantitative estimate of drug-likeness (QED) is 0.0359. The van der Waals surface area contributed by atoms with Gasteiger partial charge >= 0.3 is 0 Å². The molecule has 3 rings (SSSR count). The standard InChI is InChI=1S/C44H83NO19/c1-3-5-7-9-11-13-15-17-19-27(20-18-16-14-12-10-8-6-4-2)40(58)45-44(24-59-41-37(55)34(52)31(49)28(21-46)62-41,25-60-42-38(56)35(53)32(50)29(22-47)63-42)26-61-43-39(57)36(54)33(51)30(23-48)64-43/h27-39,41-43,46-57H,3-26H2,1-2H3,(H,45,58). The average Bonchev–Trinajstić information content (AvgIpc) is 3.29. The van der Waals surface area contributed by atoms with Gasteiger partial charge in [0.05, 0.1) is 39.6 Å². The largest absolute Gasteiger partial charge is 0.394 e. The van der Waals surface area contributed by atoms with Crippen molar-refractivity contribution in [3.63, 3.8) is 0 Å². The van der Waals surface area contributed by atoms with Gasteiger partial charge in [-0.2, -0.15) is 0 Å². The van der Waals surface area contributed by atoms with Gasteiger partial charge in [0.1, 0.15) is 78.8 Å². The van der Waals surface area contributed by atoms with Crippen molar-refractivity contribution in [2.24, 2.45) is 5.92 Å². The number of hydrogen-bond acceptors (Lipinski definition) is 19. The summed E-state index contributed by atoms with van der Waals surface area (Å²) in [6.45, 7) is -0.117. The summed E-state index contributed by atoms with van der Waals surface area (Å²) in [7, 11) is 0. The minimum Gasteiger partial charge on any atom is -0.394 e. The average molecular weight is 930 g/mol. The molecule has 378 valence electrons. The van der Waals surface area contributed by atoms with Crippen LogP contribution in [0.5, 0.6) is 0 Å². The minimum atomic E-state index is -1.95. The highest BCUT2D eigenvalue weighted by molar-refractivity contribution is 5.79. The number of aliphatic hydroxyl groups is 12. The van der Waals surface area contributed by atoms with Crippen LogP contribution in [0.2, 0.25) is 0 Å². The molecule has 3 aliphatic heterocycles. The topological polar surface area (TPSA) is 327 Å². The summed E-state index contributed by atoms with van der Waals surface area (Å²) in [6.07, 6.45) is -7.80. The van der Waals surface area contributed by atoms with Crippen LogP contribution in [0, 0.1) is 5.92 Å². The Hall–Kier alpha value is -1.25. The summed E-state index contributed by atoms with van der Waals surface area (Å²) in [5.41, 5.74) is -1.95. The van der Waals surface area contributed by atoms with E-state index in [0.29, 0.717) is 12.8 Å². The molecule has 3 fully saturated rings. The Morgan fingerprint density at radius 2 is 0.734 bits per heavy atom. The van der Waals surface area contributed by atoms with E-state index < -0.39 is 149 Å². The number of carbonyl (C=O) groups is 1. The number of hydrogen-bond donors (Lipinski definition) is 13. The van der Waals surface area contributed by atoms with Crippen LogP contribution in [0.25, 0.3) is 0 Å². The number of ether oxygens (including phenoxy) is 6. The fourth-order valence-electron chi connectivity index (χ4n) is 8.39. The Bertz CT molecular complexity index is 1120. The smallest absolute Gasteiger partial charge is 0.223 e. The molecule has 20 heteroatoms. The molecule has 13 N–H and O–H groups in total. The third-order valence-corrected chi connectivity index (χ3v) is 12.7. The second-order valence-electron chi connectivity index (χ2n) is 18.0. The van der Waals surface area contributed by atoms with Crippen LogP contribution in [0.3, 0.4) is 0 Å². The van der Waals surface area contributed by atoms with Gasteiger partial charge in [-0.15, -0.1) is 0 Å². The lowest BCUT2D eigenvalue weighted by molar-refractivity contribution is -0.324. The highest BCUT2D eigenvalue weighted by atomic mass is 16.7. The summed E-state index contributed by atoms with van der Waals surface area (Å²) >= 11 is 0. The maximum atomic E-state index is 14.7. The Morgan fingerprint density at radius 3 is 1.02 bits per heavy atom. The van der Waals surface area contributed by atoms with Crippen LogP contribution in [0.1, 0.15) is 129 Å². The van der Waals surface area contributed by atoms with Crippen LogP contribution in [0.15, 0.2) is 0 Å². The van der Waals surface area contributed by atoms with E-state index in [9.17, 15) is 66.1 Å². The molecule has 3 saturated heterocycles. The zero-order valence-electron chi connectivity index (χ0n) is 37.9. The first-order chi connectivity index (χ1) is 30.7. The van der Waals surface area contributed by atoms with E-state index in [-0.39, 0.29) is 0 Å². The second-order valence-corrected chi connectivity index (χ2v) is 18.0. The lowest BCUT2D eigenvalue weighted by atomic mass is 9.91. The molecule has 20 nitrogen and oxygen atoms in total. The van der Waals surface area contributed by atoms with Crippen LogP contribution in [-0.4, -0.2) is 204 Å². The maximum absolute atomic E-state index is 14.7. The van der Waals surface area contributed by atoms with Crippen LogP contribution in [0.4, 0.5) is 0 Å². The van der Waals surface area contributed by atoms with Crippen LogP contribution >= 0.6 is 0 Å². The molecule has 1 amide bonds. The third-order valence-electron chi connectivity index (χ3n) is 12.7. The summed E-state index contributed by atoms with van der Waals surface area (Å²) in [6, 6.07) is 0. The van der Waals surface area contributed by atoms with Crippen molar-refractivity contribution in [1.82, 2.24) is 5.32 Å². The van der Waals surface area contributed by atoms with E-state index in [1.807, 2.05) is 0 Å². The highest BCUT2D eigenvalue weighted by Gasteiger charge is 2.50. The van der Waals surface area contributed by atoms with Crippen molar-refractivity contribution < 1.29 is 94.5 Å². The molecule has 64 heavy (non-hydrogen) atoms. The number of rotatable bonds is 32. The minimum absolute atomic E-state index is 0.474. The lowest BCUT2D eigenvalue weighted by Crippen LogP contribution is -2.65. The van der Waals surface area contributed by atoms with Gasteiger partial charge in [0.25, 0.3) is 0 Å². The Labute approximate surface area is 377 Å². The summed E-state index contributed by atoms with van der Waals surface area (Å²) in [5, 5.41) is 128. The highest BCUT2D eigenvalue weighted by Crippen LogP contribution is 2.29. The zero-order valence-corrected chi connectivity index (χ0v) is 37.9. The van der Waals surface area contributed by atoms with Gasteiger partial charge in [-0.1, -0.05) is 117 Å². The molecule has 0 aromatic heterocycles. The van der Waals surface area contributed by atoms with Gasteiger partial charge in [0.2, 0.25) is 5.91 Å². The van der Waals surface area contributed by atoms with E-state index in [0.717, 1.165) is 77.0 Å². The molecule has 0 aromatic carbocycles. The summed E-state index contributed by atoms with van der Waals surface area (Å²) in [5.74, 6) is -1.02. The number of aliphatic hydroxyl groups excluding tert-OH is 12. The zero-order chi connectivity index (χ0) is 47.2. The molecule has 0 bridgehead atoms. The third kappa shape index (κ3) is 17.4. The number of nitrogens with one attached hydrogen (secondary N) is 1. The number of carbonyl (C=O) groups excluding carboxylic acids is 1. The first-order valence-corrected chi connectivity index (χ1v) is 23.8. The van der Waals surface area contributed by atoms with E-state index in [1.165, 1.54) is 25.7 Å².